The standard InChI is InChI=1S/C30H57NO4/c1-6-7-8-9-10-11-12-13-14-15-16-17-18-19-20-21-27(32)33-22-26-23-34-30(35-26)24-28(2,3)31-29(4,5)25-30/h26,31H,6-25H2,1-5H3. The molecule has 0 aromatic carbocycles. The number of unbranched alkanes of at least 4 members (excludes halogenated alkanes) is 14. The van der Waals surface area contributed by atoms with Gasteiger partial charge in [0.15, 0.2) is 5.79 Å². The zero-order valence-corrected chi connectivity index (χ0v) is 23.9. The van der Waals surface area contributed by atoms with Gasteiger partial charge in [-0.1, -0.05) is 96.8 Å². The molecule has 2 rings (SSSR count). The number of hydrogen-bond donors (Lipinski definition) is 1. The van der Waals surface area contributed by atoms with Gasteiger partial charge >= 0.3 is 5.97 Å². The van der Waals surface area contributed by atoms with Crippen LogP contribution in [0.25, 0.3) is 0 Å². The predicted molar refractivity (Wildman–Crippen MR) is 145 cm³/mol. The second kappa shape index (κ2) is 15.6. The maximum absolute atomic E-state index is 12.2. The van der Waals surface area contributed by atoms with Crippen LogP contribution < -0.4 is 5.32 Å². The fraction of sp³-hybridized carbons (Fsp3) is 0.967. The van der Waals surface area contributed by atoms with E-state index in [1.165, 1.54) is 83.5 Å². The van der Waals surface area contributed by atoms with Crippen LogP contribution in [0.4, 0.5) is 0 Å². The third-order valence-electron chi connectivity index (χ3n) is 7.43. The zero-order valence-electron chi connectivity index (χ0n) is 23.9. The van der Waals surface area contributed by atoms with Gasteiger partial charge in [-0.2, -0.15) is 0 Å². The molecule has 0 aliphatic carbocycles. The molecule has 5 nitrogen and oxygen atoms in total. The molecule has 0 aromatic heterocycles. The summed E-state index contributed by atoms with van der Waals surface area (Å²) in [4.78, 5) is 12.2. The van der Waals surface area contributed by atoms with Crippen molar-refractivity contribution in [2.75, 3.05) is 13.2 Å². The molecule has 1 spiro atoms. The Balaban J connectivity index is 1.41. The third-order valence-corrected chi connectivity index (χ3v) is 7.43. The van der Waals surface area contributed by atoms with Crippen LogP contribution in [0.3, 0.4) is 0 Å². The highest BCUT2D eigenvalue weighted by Crippen LogP contribution is 2.42. The van der Waals surface area contributed by atoms with Crippen LogP contribution in [0.2, 0.25) is 0 Å². The minimum atomic E-state index is -0.566. The van der Waals surface area contributed by atoms with Crippen molar-refractivity contribution < 1.29 is 19.0 Å². The number of carbonyl (C=O) groups excluding carboxylic acids is 1. The molecule has 2 heterocycles. The molecule has 1 unspecified atom stereocenters. The average Bonchev–Trinajstić information content (AvgIpc) is 3.13. The van der Waals surface area contributed by atoms with E-state index in [-0.39, 0.29) is 23.2 Å². The number of carbonyl (C=O) groups is 1. The molecule has 2 saturated heterocycles. The van der Waals surface area contributed by atoms with Crippen LogP contribution in [0.1, 0.15) is 150 Å². The molecule has 1 N–H and O–H groups in total. The highest BCUT2D eigenvalue weighted by Gasteiger charge is 2.53. The Kier molecular flexibility index (Phi) is 13.6. The van der Waals surface area contributed by atoms with Crippen LogP contribution in [-0.4, -0.2) is 42.2 Å². The Bertz CT molecular complexity index is 573. The largest absolute Gasteiger partial charge is 0.463 e. The van der Waals surface area contributed by atoms with Gasteiger partial charge in [0.25, 0.3) is 0 Å². The molecule has 206 valence electrons. The maximum Gasteiger partial charge on any atom is 0.305 e. The zero-order chi connectivity index (χ0) is 25.6. The minimum absolute atomic E-state index is 0.0547. The summed E-state index contributed by atoms with van der Waals surface area (Å²) in [5.74, 6) is -0.668. The average molecular weight is 496 g/mol. The van der Waals surface area contributed by atoms with Crippen molar-refractivity contribution in [2.45, 2.75) is 173 Å². The quantitative estimate of drug-likeness (QED) is 0.155. The Labute approximate surface area is 216 Å². The lowest BCUT2D eigenvalue weighted by Gasteiger charge is -2.50. The Morgan fingerprint density at radius 1 is 0.771 bits per heavy atom. The Morgan fingerprint density at radius 3 is 1.71 bits per heavy atom. The number of ether oxygens (including phenoxy) is 3. The van der Waals surface area contributed by atoms with Gasteiger partial charge in [-0.15, -0.1) is 0 Å². The first-order chi connectivity index (χ1) is 16.7. The van der Waals surface area contributed by atoms with Gasteiger partial charge in [0.2, 0.25) is 0 Å². The lowest BCUT2D eigenvalue weighted by Crippen LogP contribution is -2.63. The molecule has 35 heavy (non-hydrogen) atoms. The highest BCUT2D eigenvalue weighted by molar-refractivity contribution is 5.69. The fourth-order valence-corrected chi connectivity index (χ4v) is 6.20. The third kappa shape index (κ3) is 12.9. The summed E-state index contributed by atoms with van der Waals surface area (Å²) in [6, 6.07) is 0. The summed E-state index contributed by atoms with van der Waals surface area (Å²) in [5, 5.41) is 3.66. The molecule has 0 aromatic rings. The van der Waals surface area contributed by atoms with Gasteiger partial charge < -0.3 is 19.5 Å². The molecule has 1 atom stereocenters. The topological polar surface area (TPSA) is 56.8 Å². The van der Waals surface area contributed by atoms with Crippen LogP contribution in [0.15, 0.2) is 0 Å². The summed E-state index contributed by atoms with van der Waals surface area (Å²) in [7, 11) is 0. The van der Waals surface area contributed by atoms with Crippen LogP contribution in [0, 0.1) is 0 Å². The van der Waals surface area contributed by atoms with Gasteiger partial charge in [-0.05, 0) is 34.1 Å². The van der Waals surface area contributed by atoms with E-state index in [1.807, 2.05) is 0 Å². The summed E-state index contributed by atoms with van der Waals surface area (Å²) in [5.41, 5.74) is -0.109. The maximum atomic E-state index is 12.2. The summed E-state index contributed by atoms with van der Waals surface area (Å²) < 4.78 is 18.0. The predicted octanol–water partition coefficient (Wildman–Crippen LogP) is 7.84. The van der Waals surface area contributed by atoms with Gasteiger partial charge in [-0.3, -0.25) is 4.79 Å². The lowest BCUT2D eigenvalue weighted by atomic mass is 9.79. The Hall–Kier alpha value is -0.650. The Morgan fingerprint density at radius 2 is 1.23 bits per heavy atom. The van der Waals surface area contributed by atoms with Crippen molar-refractivity contribution in [3.63, 3.8) is 0 Å². The van der Waals surface area contributed by atoms with Gasteiger partial charge in [-0.25, -0.2) is 0 Å². The molecular weight excluding hydrogens is 438 g/mol. The monoisotopic (exact) mass is 495 g/mol. The number of rotatable bonds is 18. The van der Waals surface area contributed by atoms with E-state index < -0.39 is 5.79 Å². The van der Waals surface area contributed by atoms with Gasteiger partial charge in [0, 0.05) is 30.3 Å². The number of hydrogen-bond acceptors (Lipinski definition) is 5. The van der Waals surface area contributed by atoms with E-state index in [2.05, 4.69) is 39.9 Å². The van der Waals surface area contributed by atoms with Crippen LogP contribution in [0.5, 0.6) is 0 Å². The van der Waals surface area contributed by atoms with E-state index in [4.69, 9.17) is 14.2 Å². The van der Waals surface area contributed by atoms with Crippen molar-refractivity contribution in [3.05, 3.63) is 0 Å². The first kappa shape index (κ1) is 30.6. The molecule has 0 radical (unpaired) electrons. The van der Waals surface area contributed by atoms with Crippen molar-refractivity contribution in [1.29, 1.82) is 0 Å². The van der Waals surface area contributed by atoms with Crippen molar-refractivity contribution >= 4 is 5.97 Å². The molecule has 2 aliphatic heterocycles. The first-order valence-electron chi connectivity index (χ1n) is 14.9. The first-order valence-corrected chi connectivity index (χ1v) is 14.9. The van der Waals surface area contributed by atoms with E-state index in [0.717, 1.165) is 25.7 Å². The molecule has 0 amide bonds. The molecule has 2 fully saturated rings. The van der Waals surface area contributed by atoms with E-state index in [1.54, 1.807) is 0 Å². The summed E-state index contributed by atoms with van der Waals surface area (Å²) in [6.07, 6.45) is 21.9. The van der Waals surface area contributed by atoms with Crippen molar-refractivity contribution in [2.24, 2.45) is 0 Å². The van der Waals surface area contributed by atoms with Crippen LogP contribution in [-0.2, 0) is 19.0 Å². The van der Waals surface area contributed by atoms with Crippen molar-refractivity contribution in [3.8, 4) is 0 Å². The molecule has 0 bridgehead atoms. The molecular formula is C30H57NO4. The van der Waals surface area contributed by atoms with Crippen LogP contribution >= 0.6 is 0 Å². The normalized spacial score (nSPS) is 22.5. The smallest absolute Gasteiger partial charge is 0.305 e. The molecule has 0 saturated carbocycles. The number of esters is 1. The summed E-state index contributed by atoms with van der Waals surface area (Å²) >= 11 is 0. The second-order valence-electron chi connectivity index (χ2n) is 12.6. The van der Waals surface area contributed by atoms with E-state index >= 15 is 0 Å². The highest BCUT2D eigenvalue weighted by atomic mass is 16.8. The lowest BCUT2D eigenvalue weighted by molar-refractivity contribution is -0.217. The van der Waals surface area contributed by atoms with Gasteiger partial charge in [0.1, 0.15) is 12.7 Å². The minimum Gasteiger partial charge on any atom is -0.463 e. The van der Waals surface area contributed by atoms with Crippen molar-refractivity contribution in [1.82, 2.24) is 5.32 Å². The molecule has 5 heteroatoms. The van der Waals surface area contributed by atoms with E-state index in [0.29, 0.717) is 19.6 Å². The van der Waals surface area contributed by atoms with Gasteiger partial charge in [0.05, 0.1) is 6.61 Å². The summed E-state index contributed by atoms with van der Waals surface area (Å²) in [6.45, 7) is 11.8. The second-order valence-corrected chi connectivity index (χ2v) is 12.6. The van der Waals surface area contributed by atoms with E-state index in [9.17, 15) is 4.79 Å². The number of nitrogens with one attached hydrogen (secondary N) is 1. The molecule has 2 aliphatic rings. The SMILES string of the molecule is CCCCCCCCCCCCCCCCCC(=O)OCC1COC2(CC(C)(C)NC(C)(C)C2)O1. The fourth-order valence-electron chi connectivity index (χ4n) is 6.20. The number of piperidine rings is 1.